The zero-order valence-electron chi connectivity index (χ0n) is 9.78. The topological polar surface area (TPSA) is 67.6 Å². The van der Waals surface area contributed by atoms with Crippen molar-refractivity contribution in [3.8, 4) is 5.75 Å². The number of rotatable bonds is 4. The predicted molar refractivity (Wildman–Crippen MR) is 63.2 cm³/mol. The van der Waals surface area contributed by atoms with Crippen molar-refractivity contribution in [1.29, 1.82) is 0 Å². The molecule has 16 heavy (non-hydrogen) atoms. The fourth-order valence-electron chi connectivity index (χ4n) is 1.27. The Morgan fingerprint density at radius 2 is 2.12 bits per heavy atom. The maximum absolute atomic E-state index is 11.7. The number of nitrogens with one attached hydrogen (secondary N) is 1. The van der Waals surface area contributed by atoms with Crippen LogP contribution >= 0.6 is 0 Å². The molecule has 5 heteroatoms. The van der Waals surface area contributed by atoms with E-state index in [0.29, 0.717) is 23.6 Å². The first-order valence-corrected chi connectivity index (χ1v) is 5.04. The number of amides is 1. The number of carbonyl (C=O) groups excluding carboxylic acids is 1. The smallest absolute Gasteiger partial charge is 0.265 e. The van der Waals surface area contributed by atoms with Gasteiger partial charge in [-0.05, 0) is 19.1 Å². The van der Waals surface area contributed by atoms with Crippen LogP contribution in [0.25, 0.3) is 0 Å². The Bertz CT molecular complexity index is 377. The summed E-state index contributed by atoms with van der Waals surface area (Å²) in [6, 6.07) is 4.97. The standard InChI is InChI=1S/C11H17N3O2/c1-4-16-10-6-8(5-9(12)7-10)11(15)13-14(2)3/h5-7H,4,12H2,1-3H3,(H,13,15). The van der Waals surface area contributed by atoms with Crippen LogP contribution in [-0.2, 0) is 0 Å². The summed E-state index contributed by atoms with van der Waals surface area (Å²) in [6.45, 7) is 2.42. The molecule has 0 aliphatic carbocycles. The minimum Gasteiger partial charge on any atom is -0.494 e. The number of hydrazine groups is 1. The SMILES string of the molecule is CCOc1cc(N)cc(C(=O)NN(C)C)c1. The largest absolute Gasteiger partial charge is 0.494 e. The number of hydrogen-bond acceptors (Lipinski definition) is 4. The molecular weight excluding hydrogens is 206 g/mol. The lowest BCUT2D eigenvalue weighted by atomic mass is 10.2. The molecule has 5 nitrogen and oxygen atoms in total. The average molecular weight is 223 g/mol. The van der Waals surface area contributed by atoms with Crippen molar-refractivity contribution in [3.05, 3.63) is 23.8 Å². The number of nitrogens with two attached hydrogens (primary N) is 1. The first-order valence-electron chi connectivity index (χ1n) is 5.04. The molecule has 0 aliphatic heterocycles. The van der Waals surface area contributed by atoms with Crippen LogP contribution in [0.5, 0.6) is 5.75 Å². The van der Waals surface area contributed by atoms with Crippen LogP contribution in [0, 0.1) is 0 Å². The fourth-order valence-corrected chi connectivity index (χ4v) is 1.27. The summed E-state index contributed by atoms with van der Waals surface area (Å²) >= 11 is 0. The summed E-state index contributed by atoms with van der Waals surface area (Å²) in [5, 5.41) is 1.58. The van der Waals surface area contributed by atoms with Crippen molar-refractivity contribution in [2.24, 2.45) is 0 Å². The molecule has 0 atom stereocenters. The van der Waals surface area contributed by atoms with Gasteiger partial charge < -0.3 is 10.5 Å². The van der Waals surface area contributed by atoms with Gasteiger partial charge in [-0.3, -0.25) is 10.2 Å². The lowest BCUT2D eigenvalue weighted by molar-refractivity contribution is 0.0856. The maximum Gasteiger partial charge on any atom is 0.265 e. The highest BCUT2D eigenvalue weighted by Crippen LogP contribution is 2.18. The normalized spacial score (nSPS) is 10.2. The number of carbonyl (C=O) groups is 1. The zero-order chi connectivity index (χ0) is 12.1. The number of anilines is 1. The van der Waals surface area contributed by atoms with Gasteiger partial charge in [-0.1, -0.05) is 0 Å². The molecule has 3 N–H and O–H groups in total. The van der Waals surface area contributed by atoms with Gasteiger partial charge >= 0.3 is 0 Å². The molecule has 1 aromatic rings. The number of hydrogen-bond donors (Lipinski definition) is 2. The summed E-state index contributed by atoms with van der Waals surface area (Å²) in [5.74, 6) is 0.393. The Morgan fingerprint density at radius 1 is 1.44 bits per heavy atom. The zero-order valence-corrected chi connectivity index (χ0v) is 9.78. The van der Waals surface area contributed by atoms with E-state index in [0.717, 1.165) is 0 Å². The van der Waals surface area contributed by atoms with Crippen LogP contribution in [-0.4, -0.2) is 31.6 Å². The predicted octanol–water partition coefficient (Wildman–Crippen LogP) is 0.874. The van der Waals surface area contributed by atoms with E-state index >= 15 is 0 Å². The van der Waals surface area contributed by atoms with E-state index in [1.165, 1.54) is 0 Å². The third-order valence-corrected chi connectivity index (χ3v) is 1.83. The van der Waals surface area contributed by atoms with Crippen LogP contribution in [0.2, 0.25) is 0 Å². The molecule has 0 bridgehead atoms. The van der Waals surface area contributed by atoms with Gasteiger partial charge in [0, 0.05) is 31.4 Å². The van der Waals surface area contributed by atoms with Gasteiger partial charge in [-0.25, -0.2) is 5.01 Å². The maximum atomic E-state index is 11.7. The van der Waals surface area contributed by atoms with E-state index in [9.17, 15) is 4.79 Å². The molecule has 1 aromatic carbocycles. The minimum absolute atomic E-state index is 0.210. The van der Waals surface area contributed by atoms with Crippen molar-refractivity contribution in [3.63, 3.8) is 0 Å². The highest BCUT2D eigenvalue weighted by Gasteiger charge is 2.08. The lowest BCUT2D eigenvalue weighted by Crippen LogP contribution is -2.36. The molecule has 1 rings (SSSR count). The van der Waals surface area contributed by atoms with E-state index in [4.69, 9.17) is 10.5 Å². The van der Waals surface area contributed by atoms with Gasteiger partial charge in [0.1, 0.15) is 5.75 Å². The Hall–Kier alpha value is -1.75. The van der Waals surface area contributed by atoms with Gasteiger partial charge in [0.25, 0.3) is 5.91 Å². The second-order valence-corrected chi connectivity index (χ2v) is 3.56. The highest BCUT2D eigenvalue weighted by atomic mass is 16.5. The highest BCUT2D eigenvalue weighted by molar-refractivity contribution is 5.95. The molecule has 0 saturated carbocycles. The molecule has 88 valence electrons. The van der Waals surface area contributed by atoms with Crippen molar-refractivity contribution in [1.82, 2.24) is 10.4 Å². The van der Waals surface area contributed by atoms with Crippen LogP contribution in [0.3, 0.4) is 0 Å². The van der Waals surface area contributed by atoms with Crippen LogP contribution in [0.4, 0.5) is 5.69 Å². The molecule has 0 fully saturated rings. The van der Waals surface area contributed by atoms with Gasteiger partial charge in [0.15, 0.2) is 0 Å². The number of ether oxygens (including phenoxy) is 1. The molecule has 0 aliphatic rings. The van der Waals surface area contributed by atoms with Gasteiger partial charge in [-0.15, -0.1) is 0 Å². The van der Waals surface area contributed by atoms with Gasteiger partial charge in [0.05, 0.1) is 6.61 Å². The number of nitrogens with zero attached hydrogens (tertiary/aromatic N) is 1. The van der Waals surface area contributed by atoms with Crippen molar-refractivity contribution >= 4 is 11.6 Å². The van der Waals surface area contributed by atoms with Crippen LogP contribution < -0.4 is 15.9 Å². The molecule has 0 unspecified atom stereocenters. The fraction of sp³-hybridized carbons (Fsp3) is 0.364. The van der Waals surface area contributed by atoms with E-state index in [1.807, 2.05) is 6.92 Å². The van der Waals surface area contributed by atoms with E-state index < -0.39 is 0 Å². The van der Waals surface area contributed by atoms with Crippen molar-refractivity contribution in [2.75, 3.05) is 26.4 Å². The Kier molecular flexibility index (Phi) is 4.13. The second-order valence-electron chi connectivity index (χ2n) is 3.56. The molecule has 0 saturated heterocycles. The Balaban J connectivity index is 2.91. The van der Waals surface area contributed by atoms with Crippen LogP contribution in [0.15, 0.2) is 18.2 Å². The summed E-state index contributed by atoms with van der Waals surface area (Å²) in [5.41, 5.74) is 9.32. The van der Waals surface area contributed by atoms with E-state index in [-0.39, 0.29) is 5.91 Å². The third kappa shape index (κ3) is 3.43. The van der Waals surface area contributed by atoms with Crippen molar-refractivity contribution < 1.29 is 9.53 Å². The van der Waals surface area contributed by atoms with Crippen LogP contribution in [0.1, 0.15) is 17.3 Å². The molecule has 0 radical (unpaired) electrons. The second kappa shape index (κ2) is 5.37. The Labute approximate surface area is 95.2 Å². The number of nitrogen functional groups attached to an aromatic ring is 1. The van der Waals surface area contributed by atoms with Crippen molar-refractivity contribution in [2.45, 2.75) is 6.92 Å². The minimum atomic E-state index is -0.210. The summed E-state index contributed by atoms with van der Waals surface area (Å²) in [6.07, 6.45) is 0. The third-order valence-electron chi connectivity index (χ3n) is 1.83. The average Bonchev–Trinajstić information content (AvgIpc) is 2.16. The first kappa shape index (κ1) is 12.3. The van der Waals surface area contributed by atoms with E-state index in [1.54, 1.807) is 37.3 Å². The quantitative estimate of drug-likeness (QED) is 0.587. The monoisotopic (exact) mass is 223 g/mol. The molecular formula is C11H17N3O2. The summed E-state index contributed by atoms with van der Waals surface area (Å²) in [7, 11) is 3.49. The molecule has 1 amide bonds. The Morgan fingerprint density at radius 3 is 2.69 bits per heavy atom. The van der Waals surface area contributed by atoms with Gasteiger partial charge in [0.2, 0.25) is 0 Å². The van der Waals surface area contributed by atoms with E-state index in [2.05, 4.69) is 5.43 Å². The molecule has 0 aromatic heterocycles. The summed E-state index contributed by atoms with van der Waals surface area (Å²) in [4.78, 5) is 11.7. The number of benzene rings is 1. The first-order chi connectivity index (χ1) is 7.52. The summed E-state index contributed by atoms with van der Waals surface area (Å²) < 4.78 is 5.31. The molecule has 0 heterocycles. The molecule has 0 spiro atoms. The lowest BCUT2D eigenvalue weighted by Gasteiger charge is -2.13. The van der Waals surface area contributed by atoms with Gasteiger partial charge in [-0.2, -0.15) is 0 Å².